The second-order valence-corrected chi connectivity index (χ2v) is 6.68. The van der Waals surface area contributed by atoms with Gasteiger partial charge in [-0.15, -0.1) is 0 Å². The van der Waals surface area contributed by atoms with Crippen LogP contribution < -0.4 is 20.1 Å². The standard InChI is InChI=1S/C26H24N2O4/c1-3-17-31-23-11-7-5-9-21(23)27-25(29)19-13-15-20(16-14-19)26(30)28-22-10-6-8-12-24(22)32-18-4-2/h3-16H,1-2,17-18H2,(H,27,29)(H,28,30). The third kappa shape index (κ3) is 5.86. The first-order chi connectivity index (χ1) is 15.6. The zero-order chi connectivity index (χ0) is 22.8. The van der Waals surface area contributed by atoms with Crippen molar-refractivity contribution in [3.05, 3.63) is 109 Å². The summed E-state index contributed by atoms with van der Waals surface area (Å²) in [5, 5.41) is 5.66. The van der Waals surface area contributed by atoms with Gasteiger partial charge in [0, 0.05) is 11.1 Å². The van der Waals surface area contributed by atoms with Crippen LogP contribution in [0, 0.1) is 0 Å². The van der Waals surface area contributed by atoms with Gasteiger partial charge in [-0.1, -0.05) is 49.6 Å². The lowest BCUT2D eigenvalue weighted by molar-refractivity contribution is 0.101. The Morgan fingerprint density at radius 1 is 0.656 bits per heavy atom. The predicted octanol–water partition coefficient (Wildman–Crippen LogP) is 5.32. The third-order valence-electron chi connectivity index (χ3n) is 4.39. The lowest BCUT2D eigenvalue weighted by Crippen LogP contribution is -2.15. The number of hydrogen-bond acceptors (Lipinski definition) is 4. The predicted molar refractivity (Wildman–Crippen MR) is 127 cm³/mol. The molecule has 0 heterocycles. The Hall–Kier alpha value is -4.32. The quantitative estimate of drug-likeness (QED) is 0.429. The van der Waals surface area contributed by atoms with Gasteiger partial charge in [-0.05, 0) is 48.5 Å². The van der Waals surface area contributed by atoms with Crippen molar-refractivity contribution in [3.63, 3.8) is 0 Å². The van der Waals surface area contributed by atoms with Gasteiger partial charge < -0.3 is 20.1 Å². The molecule has 0 unspecified atom stereocenters. The molecule has 6 heteroatoms. The van der Waals surface area contributed by atoms with Gasteiger partial charge in [-0.25, -0.2) is 0 Å². The van der Waals surface area contributed by atoms with E-state index in [0.717, 1.165) is 0 Å². The summed E-state index contributed by atoms with van der Waals surface area (Å²) < 4.78 is 11.1. The maximum atomic E-state index is 12.6. The van der Waals surface area contributed by atoms with Crippen LogP contribution >= 0.6 is 0 Å². The van der Waals surface area contributed by atoms with E-state index in [1.807, 2.05) is 12.1 Å². The summed E-state index contributed by atoms with van der Waals surface area (Å²) in [6.45, 7) is 7.91. The van der Waals surface area contributed by atoms with Crippen molar-refractivity contribution in [2.24, 2.45) is 0 Å². The highest BCUT2D eigenvalue weighted by atomic mass is 16.5. The minimum absolute atomic E-state index is 0.310. The van der Waals surface area contributed by atoms with Crippen molar-refractivity contribution in [2.75, 3.05) is 23.8 Å². The first-order valence-corrected chi connectivity index (χ1v) is 10.0. The van der Waals surface area contributed by atoms with Crippen molar-refractivity contribution in [3.8, 4) is 11.5 Å². The average Bonchev–Trinajstić information content (AvgIpc) is 2.83. The average molecular weight is 428 g/mol. The van der Waals surface area contributed by atoms with Crippen molar-refractivity contribution < 1.29 is 19.1 Å². The highest BCUT2D eigenvalue weighted by Crippen LogP contribution is 2.26. The number of ether oxygens (including phenoxy) is 2. The zero-order valence-corrected chi connectivity index (χ0v) is 17.5. The lowest BCUT2D eigenvalue weighted by Gasteiger charge is -2.12. The molecule has 0 spiro atoms. The van der Waals surface area contributed by atoms with Crippen molar-refractivity contribution in [1.82, 2.24) is 0 Å². The molecule has 32 heavy (non-hydrogen) atoms. The van der Waals surface area contributed by atoms with E-state index in [9.17, 15) is 9.59 Å². The molecule has 2 N–H and O–H groups in total. The lowest BCUT2D eigenvalue weighted by atomic mass is 10.1. The van der Waals surface area contributed by atoms with Crippen LogP contribution in [0.25, 0.3) is 0 Å². The summed E-state index contributed by atoms with van der Waals surface area (Å²) in [5.41, 5.74) is 1.93. The van der Waals surface area contributed by atoms with E-state index in [-0.39, 0.29) is 11.8 Å². The van der Waals surface area contributed by atoms with Crippen LogP contribution in [0.2, 0.25) is 0 Å². The molecule has 0 fully saturated rings. The SMILES string of the molecule is C=CCOc1ccccc1NC(=O)c1ccc(C(=O)Nc2ccccc2OCC=C)cc1. The number of hydrogen-bond donors (Lipinski definition) is 2. The Bertz CT molecular complexity index is 1020. The van der Waals surface area contributed by atoms with Gasteiger partial charge >= 0.3 is 0 Å². The van der Waals surface area contributed by atoms with Crippen LogP contribution in [0.1, 0.15) is 20.7 Å². The Morgan fingerprint density at radius 2 is 1.03 bits per heavy atom. The number of para-hydroxylation sites is 4. The number of rotatable bonds is 10. The Kier molecular flexibility index (Phi) is 7.81. The summed E-state index contributed by atoms with van der Waals surface area (Å²) in [4.78, 5) is 25.3. The first kappa shape index (κ1) is 22.4. The summed E-state index contributed by atoms with van der Waals surface area (Å²) >= 11 is 0. The van der Waals surface area contributed by atoms with Gasteiger partial charge in [0.05, 0.1) is 11.4 Å². The minimum atomic E-state index is -0.310. The molecule has 3 rings (SSSR count). The number of nitrogens with one attached hydrogen (secondary N) is 2. The molecule has 0 saturated heterocycles. The van der Waals surface area contributed by atoms with Gasteiger partial charge in [0.1, 0.15) is 24.7 Å². The fourth-order valence-corrected chi connectivity index (χ4v) is 2.85. The van der Waals surface area contributed by atoms with Crippen LogP contribution in [0.15, 0.2) is 98.1 Å². The maximum Gasteiger partial charge on any atom is 0.255 e. The molecular formula is C26H24N2O4. The highest BCUT2D eigenvalue weighted by Gasteiger charge is 2.13. The molecule has 3 aromatic carbocycles. The van der Waals surface area contributed by atoms with Gasteiger partial charge in [0.15, 0.2) is 0 Å². The van der Waals surface area contributed by atoms with E-state index in [1.54, 1.807) is 72.8 Å². The van der Waals surface area contributed by atoms with Crippen LogP contribution in [-0.4, -0.2) is 25.0 Å². The number of anilines is 2. The van der Waals surface area contributed by atoms with E-state index in [0.29, 0.717) is 47.2 Å². The van der Waals surface area contributed by atoms with E-state index >= 15 is 0 Å². The van der Waals surface area contributed by atoms with Crippen molar-refractivity contribution >= 4 is 23.2 Å². The normalized spacial score (nSPS) is 10.0. The molecule has 2 amide bonds. The highest BCUT2D eigenvalue weighted by molar-refractivity contribution is 6.07. The first-order valence-electron chi connectivity index (χ1n) is 10.0. The number of benzene rings is 3. The molecule has 0 saturated carbocycles. The van der Waals surface area contributed by atoms with Gasteiger partial charge in [0.2, 0.25) is 0 Å². The second-order valence-electron chi connectivity index (χ2n) is 6.68. The van der Waals surface area contributed by atoms with Gasteiger partial charge in [-0.2, -0.15) is 0 Å². The van der Waals surface area contributed by atoms with Crippen LogP contribution in [-0.2, 0) is 0 Å². The molecule has 0 radical (unpaired) electrons. The molecule has 6 nitrogen and oxygen atoms in total. The largest absolute Gasteiger partial charge is 0.487 e. The van der Waals surface area contributed by atoms with Crippen LogP contribution in [0.5, 0.6) is 11.5 Å². The second kappa shape index (κ2) is 11.2. The van der Waals surface area contributed by atoms with Crippen LogP contribution in [0.4, 0.5) is 11.4 Å². The topological polar surface area (TPSA) is 76.7 Å². The minimum Gasteiger partial charge on any atom is -0.487 e. The Morgan fingerprint density at radius 3 is 1.41 bits per heavy atom. The Labute approximate surface area is 187 Å². The zero-order valence-electron chi connectivity index (χ0n) is 17.5. The fraction of sp³-hybridized carbons (Fsp3) is 0.0769. The van der Waals surface area contributed by atoms with E-state index < -0.39 is 0 Å². The molecule has 162 valence electrons. The van der Waals surface area contributed by atoms with Crippen molar-refractivity contribution in [1.29, 1.82) is 0 Å². The summed E-state index contributed by atoms with van der Waals surface area (Å²) in [6.07, 6.45) is 3.26. The smallest absolute Gasteiger partial charge is 0.255 e. The van der Waals surface area contributed by atoms with E-state index in [4.69, 9.17) is 9.47 Å². The third-order valence-corrected chi connectivity index (χ3v) is 4.39. The number of carbonyl (C=O) groups is 2. The fourth-order valence-electron chi connectivity index (χ4n) is 2.85. The van der Waals surface area contributed by atoms with Crippen LogP contribution in [0.3, 0.4) is 0 Å². The molecule has 0 aliphatic heterocycles. The summed E-state index contributed by atoms with van der Waals surface area (Å²) in [5.74, 6) is 0.479. The molecule has 0 aliphatic carbocycles. The van der Waals surface area contributed by atoms with Gasteiger partial charge in [-0.3, -0.25) is 9.59 Å². The summed E-state index contributed by atoms with van der Waals surface area (Å²) in [7, 11) is 0. The van der Waals surface area contributed by atoms with Crippen molar-refractivity contribution in [2.45, 2.75) is 0 Å². The van der Waals surface area contributed by atoms with E-state index in [1.165, 1.54) is 0 Å². The molecule has 0 bridgehead atoms. The number of carbonyl (C=O) groups excluding carboxylic acids is 2. The molecule has 0 aromatic heterocycles. The molecule has 0 atom stereocenters. The molecule has 3 aromatic rings. The Balaban J connectivity index is 1.68. The number of amides is 2. The monoisotopic (exact) mass is 428 g/mol. The molecular weight excluding hydrogens is 404 g/mol. The van der Waals surface area contributed by atoms with Gasteiger partial charge in [0.25, 0.3) is 11.8 Å². The summed E-state index contributed by atoms with van der Waals surface area (Å²) in [6, 6.07) is 20.7. The van der Waals surface area contributed by atoms with E-state index in [2.05, 4.69) is 23.8 Å². The maximum absolute atomic E-state index is 12.6. The molecule has 0 aliphatic rings.